The van der Waals surface area contributed by atoms with Crippen molar-refractivity contribution in [1.82, 2.24) is 24.6 Å². The van der Waals surface area contributed by atoms with Crippen LogP contribution in [0.5, 0.6) is 0 Å². The molecule has 2 aromatic carbocycles. The fourth-order valence-corrected chi connectivity index (χ4v) is 4.29. The van der Waals surface area contributed by atoms with Gasteiger partial charge in [0.05, 0.1) is 11.4 Å². The maximum Gasteiger partial charge on any atom is 0.410 e. The zero-order valence-corrected chi connectivity index (χ0v) is 18.5. The summed E-state index contributed by atoms with van der Waals surface area (Å²) in [6.07, 6.45) is 2.89. The second-order valence-corrected chi connectivity index (χ2v) is 8.40. The van der Waals surface area contributed by atoms with Crippen LogP contribution in [0.1, 0.15) is 30.0 Å². The predicted molar refractivity (Wildman–Crippen MR) is 126 cm³/mol. The van der Waals surface area contributed by atoms with Crippen molar-refractivity contribution in [3.8, 4) is 11.3 Å². The second kappa shape index (κ2) is 8.90. The van der Waals surface area contributed by atoms with Crippen LogP contribution in [0.3, 0.4) is 0 Å². The summed E-state index contributed by atoms with van der Waals surface area (Å²) in [6, 6.07) is 17.8. The van der Waals surface area contributed by atoms with Gasteiger partial charge >= 0.3 is 6.09 Å². The molecule has 1 aliphatic rings. The maximum absolute atomic E-state index is 12.8. The molecular formula is C25H26N6O2. The van der Waals surface area contributed by atoms with Gasteiger partial charge in [-0.3, -0.25) is 0 Å². The fraction of sp³-hybridized carbons (Fsp3) is 0.280. The molecule has 0 spiro atoms. The van der Waals surface area contributed by atoms with E-state index in [0.29, 0.717) is 24.6 Å². The van der Waals surface area contributed by atoms with Gasteiger partial charge in [-0.2, -0.15) is 5.10 Å². The highest BCUT2D eigenvalue weighted by Gasteiger charge is 2.29. The standard InChI is InChI=1S/C25H26N6O2/c1-17-9-11-19(12-10-17)22-21-23(26)27-16-28-24(21)31(29-22)20-8-5-13-30(14-20)25(32)33-15-18-6-3-2-4-7-18/h2-4,6-7,9-12,16,20H,5,8,13-15H2,1H3,(H2,26,27,28). The Hall–Kier alpha value is -3.94. The Morgan fingerprint density at radius 1 is 1.12 bits per heavy atom. The molecule has 168 valence electrons. The molecule has 1 fully saturated rings. The number of likely N-dealkylation sites (tertiary alicyclic amines) is 1. The zero-order chi connectivity index (χ0) is 22.8. The highest BCUT2D eigenvalue weighted by atomic mass is 16.6. The lowest BCUT2D eigenvalue weighted by Crippen LogP contribution is -2.41. The average molecular weight is 443 g/mol. The number of rotatable bonds is 4. The van der Waals surface area contributed by atoms with Crippen LogP contribution >= 0.6 is 0 Å². The number of aromatic nitrogens is 4. The number of nitrogens with two attached hydrogens (primary N) is 1. The maximum atomic E-state index is 12.8. The summed E-state index contributed by atoms with van der Waals surface area (Å²) in [4.78, 5) is 23.2. The quantitative estimate of drug-likeness (QED) is 0.504. The van der Waals surface area contributed by atoms with Gasteiger partial charge in [0.15, 0.2) is 5.65 Å². The Morgan fingerprint density at radius 3 is 2.70 bits per heavy atom. The zero-order valence-electron chi connectivity index (χ0n) is 18.5. The summed E-state index contributed by atoms with van der Waals surface area (Å²) in [5, 5.41) is 5.66. The highest BCUT2D eigenvalue weighted by molar-refractivity contribution is 5.98. The number of aryl methyl sites for hydroxylation is 1. The minimum Gasteiger partial charge on any atom is -0.445 e. The van der Waals surface area contributed by atoms with Gasteiger partial charge in [-0.05, 0) is 25.3 Å². The third kappa shape index (κ3) is 4.24. The number of ether oxygens (including phenoxy) is 1. The van der Waals surface area contributed by atoms with Crippen LogP contribution in [-0.2, 0) is 11.3 Å². The van der Waals surface area contributed by atoms with Gasteiger partial charge in [-0.25, -0.2) is 19.4 Å². The first-order valence-corrected chi connectivity index (χ1v) is 11.1. The minimum atomic E-state index is -0.312. The molecule has 8 nitrogen and oxygen atoms in total. The Kier molecular flexibility index (Phi) is 5.64. The molecule has 1 atom stereocenters. The number of fused-ring (bicyclic) bond motifs is 1. The van der Waals surface area contributed by atoms with Crippen molar-refractivity contribution in [2.45, 2.75) is 32.4 Å². The van der Waals surface area contributed by atoms with Crippen molar-refractivity contribution in [1.29, 1.82) is 0 Å². The van der Waals surface area contributed by atoms with Crippen molar-refractivity contribution in [2.75, 3.05) is 18.8 Å². The van der Waals surface area contributed by atoms with Crippen LogP contribution < -0.4 is 5.73 Å². The van der Waals surface area contributed by atoms with Crippen molar-refractivity contribution < 1.29 is 9.53 Å². The van der Waals surface area contributed by atoms with Gasteiger partial charge < -0.3 is 15.4 Å². The smallest absolute Gasteiger partial charge is 0.410 e. The lowest BCUT2D eigenvalue weighted by atomic mass is 10.1. The number of anilines is 1. The number of hydrogen-bond donors (Lipinski definition) is 1. The van der Waals surface area contributed by atoms with E-state index in [0.717, 1.165) is 35.0 Å². The molecule has 0 saturated carbocycles. The van der Waals surface area contributed by atoms with E-state index >= 15 is 0 Å². The second-order valence-electron chi connectivity index (χ2n) is 8.40. The summed E-state index contributed by atoms with van der Waals surface area (Å²) < 4.78 is 7.46. The molecule has 1 unspecified atom stereocenters. The average Bonchev–Trinajstić information content (AvgIpc) is 3.25. The molecular weight excluding hydrogens is 416 g/mol. The Bertz CT molecular complexity index is 1270. The summed E-state index contributed by atoms with van der Waals surface area (Å²) in [5.41, 5.74) is 10.8. The largest absolute Gasteiger partial charge is 0.445 e. The Morgan fingerprint density at radius 2 is 1.91 bits per heavy atom. The summed E-state index contributed by atoms with van der Waals surface area (Å²) in [7, 11) is 0. The van der Waals surface area contributed by atoms with E-state index in [-0.39, 0.29) is 18.7 Å². The fourth-order valence-electron chi connectivity index (χ4n) is 4.29. The van der Waals surface area contributed by atoms with Crippen LogP contribution in [0.25, 0.3) is 22.3 Å². The van der Waals surface area contributed by atoms with Crippen LogP contribution in [0, 0.1) is 6.92 Å². The van der Waals surface area contributed by atoms with Crippen molar-refractivity contribution in [3.05, 3.63) is 72.1 Å². The third-order valence-electron chi connectivity index (χ3n) is 6.05. The van der Waals surface area contributed by atoms with Gasteiger partial charge in [-0.1, -0.05) is 60.2 Å². The highest BCUT2D eigenvalue weighted by Crippen LogP contribution is 2.33. The van der Waals surface area contributed by atoms with Crippen molar-refractivity contribution in [2.24, 2.45) is 0 Å². The topological polar surface area (TPSA) is 99.2 Å². The molecule has 8 heteroatoms. The molecule has 0 radical (unpaired) electrons. The lowest BCUT2D eigenvalue weighted by molar-refractivity contribution is 0.0793. The summed E-state index contributed by atoms with van der Waals surface area (Å²) in [5.74, 6) is 0.400. The van der Waals surface area contributed by atoms with Gasteiger partial charge in [0, 0.05) is 18.7 Å². The molecule has 2 N–H and O–H groups in total. The monoisotopic (exact) mass is 442 g/mol. The van der Waals surface area contributed by atoms with Gasteiger partial charge in [0.1, 0.15) is 24.4 Å². The number of nitrogen functional groups attached to an aromatic ring is 1. The lowest BCUT2D eigenvalue weighted by Gasteiger charge is -2.32. The van der Waals surface area contributed by atoms with Crippen molar-refractivity contribution in [3.63, 3.8) is 0 Å². The van der Waals surface area contributed by atoms with E-state index in [1.807, 2.05) is 66.2 Å². The minimum absolute atomic E-state index is 0.0287. The number of hydrogen-bond acceptors (Lipinski definition) is 6. The third-order valence-corrected chi connectivity index (χ3v) is 6.05. The first-order valence-electron chi connectivity index (χ1n) is 11.1. The molecule has 1 aliphatic heterocycles. The van der Waals surface area contributed by atoms with Gasteiger partial charge in [0.25, 0.3) is 0 Å². The predicted octanol–water partition coefficient (Wildman–Crippen LogP) is 4.36. The van der Waals surface area contributed by atoms with E-state index < -0.39 is 0 Å². The molecule has 33 heavy (non-hydrogen) atoms. The van der Waals surface area contributed by atoms with Gasteiger partial charge in [-0.15, -0.1) is 0 Å². The SMILES string of the molecule is Cc1ccc(-c2nn(C3CCCN(C(=O)OCc4ccccc4)C3)c3ncnc(N)c23)cc1. The Balaban J connectivity index is 1.41. The summed E-state index contributed by atoms with van der Waals surface area (Å²) in [6.45, 7) is 3.46. The number of benzene rings is 2. The number of carbonyl (C=O) groups excluding carboxylic acids is 1. The molecule has 0 bridgehead atoms. The molecule has 2 aromatic heterocycles. The van der Waals surface area contributed by atoms with Crippen LogP contribution in [0.15, 0.2) is 60.9 Å². The number of carbonyl (C=O) groups is 1. The number of piperidine rings is 1. The van der Waals surface area contributed by atoms with E-state index in [1.54, 1.807) is 4.90 Å². The number of nitrogens with zero attached hydrogens (tertiary/aromatic N) is 5. The molecule has 1 amide bonds. The normalized spacial score (nSPS) is 16.2. The number of amides is 1. The first-order chi connectivity index (χ1) is 16.1. The van der Waals surface area contributed by atoms with E-state index in [4.69, 9.17) is 15.6 Å². The van der Waals surface area contributed by atoms with Crippen LogP contribution in [0.4, 0.5) is 10.6 Å². The van der Waals surface area contributed by atoms with E-state index in [1.165, 1.54) is 11.9 Å². The molecule has 5 rings (SSSR count). The van der Waals surface area contributed by atoms with Crippen molar-refractivity contribution >= 4 is 22.9 Å². The molecule has 4 aromatic rings. The molecule has 3 heterocycles. The Labute approximate surface area is 192 Å². The van der Waals surface area contributed by atoms with Crippen LogP contribution in [-0.4, -0.2) is 43.8 Å². The molecule has 1 saturated heterocycles. The van der Waals surface area contributed by atoms with Crippen LogP contribution in [0.2, 0.25) is 0 Å². The van der Waals surface area contributed by atoms with E-state index in [2.05, 4.69) is 9.97 Å². The molecule has 0 aliphatic carbocycles. The summed E-state index contributed by atoms with van der Waals surface area (Å²) >= 11 is 0. The van der Waals surface area contributed by atoms with Gasteiger partial charge in [0.2, 0.25) is 0 Å². The first kappa shape index (κ1) is 20.9. The van der Waals surface area contributed by atoms with E-state index in [9.17, 15) is 4.79 Å².